The Balaban J connectivity index is 0.00000312. The van der Waals surface area contributed by atoms with Crippen molar-refractivity contribution < 1.29 is 14.3 Å². The maximum absolute atomic E-state index is 12.2. The van der Waals surface area contributed by atoms with E-state index in [1.54, 1.807) is 7.11 Å². The van der Waals surface area contributed by atoms with Gasteiger partial charge in [-0.1, -0.05) is 35.9 Å². The van der Waals surface area contributed by atoms with Gasteiger partial charge in [-0.2, -0.15) is 0 Å². The molecule has 3 N–H and O–H groups in total. The van der Waals surface area contributed by atoms with Crippen LogP contribution in [0.4, 0.5) is 0 Å². The van der Waals surface area contributed by atoms with Gasteiger partial charge in [-0.3, -0.25) is 4.79 Å². The Kier molecular flexibility index (Phi) is 8.25. The Morgan fingerprint density at radius 2 is 1.84 bits per heavy atom. The number of benzene rings is 2. The number of carbonyl (C=O) groups excluding carboxylic acids is 1. The molecule has 5 nitrogen and oxygen atoms in total. The lowest BCUT2D eigenvalue weighted by Crippen LogP contribution is -2.33. The smallest absolute Gasteiger partial charge is 0.241 e. The first-order valence-corrected chi connectivity index (χ1v) is 7.94. The lowest BCUT2D eigenvalue weighted by atomic mass is 10.1. The molecule has 0 aliphatic heterocycles. The zero-order valence-electron chi connectivity index (χ0n) is 14.7. The molecule has 0 radical (unpaired) electrons. The second-order valence-corrected chi connectivity index (χ2v) is 5.52. The molecule has 136 valence electrons. The summed E-state index contributed by atoms with van der Waals surface area (Å²) in [5.41, 5.74) is 8.86. The molecule has 0 spiro atoms. The number of carbonyl (C=O) groups is 1. The molecule has 1 unspecified atom stereocenters. The Morgan fingerprint density at radius 1 is 1.16 bits per heavy atom. The molecule has 25 heavy (non-hydrogen) atoms. The second kappa shape index (κ2) is 9.91. The monoisotopic (exact) mass is 364 g/mol. The average molecular weight is 365 g/mol. The van der Waals surface area contributed by atoms with Crippen LogP contribution in [0.5, 0.6) is 11.5 Å². The molecule has 6 heteroatoms. The topological polar surface area (TPSA) is 73.6 Å². The lowest BCUT2D eigenvalue weighted by Gasteiger charge is -2.14. The number of halogens is 1. The number of rotatable bonds is 7. The van der Waals surface area contributed by atoms with Crippen molar-refractivity contribution in [2.45, 2.75) is 26.4 Å². The number of hydrogen-bond acceptors (Lipinski definition) is 4. The van der Waals surface area contributed by atoms with Gasteiger partial charge in [0.05, 0.1) is 13.7 Å². The summed E-state index contributed by atoms with van der Waals surface area (Å²) in [6, 6.07) is 12.5. The summed E-state index contributed by atoms with van der Waals surface area (Å²) >= 11 is 0. The van der Waals surface area contributed by atoms with Crippen LogP contribution < -0.4 is 20.5 Å². The summed E-state index contributed by atoms with van der Waals surface area (Å²) in [5, 5.41) is 2.85. The molecule has 0 saturated heterocycles. The van der Waals surface area contributed by atoms with Crippen LogP contribution in [0, 0.1) is 6.92 Å². The molecule has 0 bridgehead atoms. The number of hydrogen-bond donors (Lipinski definition) is 2. The minimum atomic E-state index is -0.685. The van der Waals surface area contributed by atoms with Gasteiger partial charge in [0.2, 0.25) is 5.91 Å². The number of aryl methyl sites for hydroxylation is 1. The van der Waals surface area contributed by atoms with Gasteiger partial charge in [0.25, 0.3) is 0 Å². The Labute approximate surface area is 154 Å². The molecule has 0 fully saturated rings. The van der Waals surface area contributed by atoms with Gasteiger partial charge in [-0.05, 0) is 37.1 Å². The van der Waals surface area contributed by atoms with Gasteiger partial charge in [-0.15, -0.1) is 12.4 Å². The van der Waals surface area contributed by atoms with Crippen molar-refractivity contribution in [3.8, 4) is 11.5 Å². The van der Waals surface area contributed by atoms with Crippen LogP contribution in [0.2, 0.25) is 0 Å². The molecular weight excluding hydrogens is 340 g/mol. The molecule has 2 aromatic carbocycles. The maximum Gasteiger partial charge on any atom is 0.241 e. The highest BCUT2D eigenvalue weighted by Gasteiger charge is 2.15. The van der Waals surface area contributed by atoms with Crippen molar-refractivity contribution in [3.05, 3.63) is 59.2 Å². The van der Waals surface area contributed by atoms with E-state index < -0.39 is 6.04 Å². The highest BCUT2D eigenvalue weighted by Crippen LogP contribution is 2.28. The third-order valence-corrected chi connectivity index (χ3v) is 3.71. The zero-order valence-corrected chi connectivity index (χ0v) is 15.6. The van der Waals surface area contributed by atoms with E-state index in [-0.39, 0.29) is 18.3 Å². The predicted octanol–water partition coefficient (Wildman–Crippen LogP) is 3.14. The van der Waals surface area contributed by atoms with Crippen molar-refractivity contribution in [1.29, 1.82) is 0 Å². The van der Waals surface area contributed by atoms with E-state index in [0.717, 1.165) is 16.7 Å². The largest absolute Gasteiger partial charge is 0.493 e. The van der Waals surface area contributed by atoms with Crippen LogP contribution in [0.15, 0.2) is 42.5 Å². The summed E-state index contributed by atoms with van der Waals surface area (Å²) in [7, 11) is 1.59. The van der Waals surface area contributed by atoms with Crippen molar-refractivity contribution >= 4 is 18.3 Å². The number of nitrogens with two attached hydrogens (primary N) is 1. The number of methoxy groups -OCH3 is 1. The summed E-state index contributed by atoms with van der Waals surface area (Å²) in [4.78, 5) is 12.2. The molecular formula is C19H25ClN2O3. The quantitative estimate of drug-likeness (QED) is 0.791. The first kappa shape index (κ1) is 20.8. The molecule has 1 atom stereocenters. The molecule has 0 aliphatic rings. The fourth-order valence-corrected chi connectivity index (χ4v) is 2.32. The number of ether oxygens (including phenoxy) is 2. The molecule has 0 aromatic heterocycles. The molecule has 2 aromatic rings. The van der Waals surface area contributed by atoms with Crippen LogP contribution in [0.25, 0.3) is 0 Å². The van der Waals surface area contributed by atoms with Crippen LogP contribution in [0.1, 0.15) is 29.7 Å². The Morgan fingerprint density at radius 3 is 2.44 bits per heavy atom. The van der Waals surface area contributed by atoms with Gasteiger partial charge >= 0.3 is 0 Å². The minimum Gasteiger partial charge on any atom is -0.493 e. The van der Waals surface area contributed by atoms with Gasteiger partial charge in [-0.25, -0.2) is 0 Å². The van der Waals surface area contributed by atoms with E-state index in [2.05, 4.69) is 5.32 Å². The van der Waals surface area contributed by atoms with Crippen molar-refractivity contribution in [1.82, 2.24) is 5.32 Å². The summed E-state index contributed by atoms with van der Waals surface area (Å²) in [6.45, 7) is 4.85. The Bertz CT molecular complexity index is 690. The van der Waals surface area contributed by atoms with E-state index in [1.165, 1.54) is 0 Å². The predicted molar refractivity (Wildman–Crippen MR) is 101 cm³/mol. The Hall–Kier alpha value is -2.24. The molecule has 0 heterocycles. The van der Waals surface area contributed by atoms with Crippen molar-refractivity contribution in [2.75, 3.05) is 13.7 Å². The second-order valence-electron chi connectivity index (χ2n) is 5.52. The third-order valence-electron chi connectivity index (χ3n) is 3.71. The summed E-state index contributed by atoms with van der Waals surface area (Å²) in [6.07, 6.45) is 0. The highest BCUT2D eigenvalue weighted by molar-refractivity contribution is 5.85. The summed E-state index contributed by atoms with van der Waals surface area (Å²) in [5.74, 6) is 1.12. The average Bonchev–Trinajstić information content (AvgIpc) is 2.60. The van der Waals surface area contributed by atoms with Crippen LogP contribution in [-0.4, -0.2) is 19.6 Å². The number of nitrogens with one attached hydrogen (secondary N) is 1. The molecule has 0 aliphatic carbocycles. The minimum absolute atomic E-state index is 0. The van der Waals surface area contributed by atoms with Gasteiger partial charge in [0, 0.05) is 6.54 Å². The fraction of sp³-hybridized carbons (Fsp3) is 0.316. The van der Waals surface area contributed by atoms with Crippen LogP contribution in [-0.2, 0) is 11.3 Å². The van der Waals surface area contributed by atoms with Gasteiger partial charge in [0.15, 0.2) is 11.5 Å². The molecule has 0 saturated carbocycles. The first-order valence-electron chi connectivity index (χ1n) is 7.94. The standard InChI is InChI=1S/C19H24N2O3.ClH/c1-4-24-16-10-7-14(11-17(16)23-3)12-21-19(22)18(20)15-8-5-13(2)6-9-15;/h5-11,18H,4,12,20H2,1-3H3,(H,21,22);1H. The highest BCUT2D eigenvalue weighted by atomic mass is 35.5. The van der Waals surface area contributed by atoms with Gasteiger partial charge in [0.1, 0.15) is 6.04 Å². The maximum atomic E-state index is 12.2. The lowest BCUT2D eigenvalue weighted by molar-refractivity contribution is -0.122. The van der Waals surface area contributed by atoms with Crippen molar-refractivity contribution in [2.24, 2.45) is 5.73 Å². The van der Waals surface area contributed by atoms with Gasteiger partial charge < -0.3 is 20.5 Å². The third kappa shape index (κ3) is 5.66. The zero-order chi connectivity index (χ0) is 17.5. The fourth-order valence-electron chi connectivity index (χ4n) is 2.32. The number of amides is 1. The van der Waals surface area contributed by atoms with E-state index >= 15 is 0 Å². The van der Waals surface area contributed by atoms with Crippen molar-refractivity contribution in [3.63, 3.8) is 0 Å². The first-order chi connectivity index (χ1) is 11.5. The SMILES string of the molecule is CCOc1ccc(CNC(=O)C(N)c2ccc(C)cc2)cc1OC.Cl. The van der Waals surface area contributed by atoms with E-state index in [0.29, 0.717) is 24.7 Å². The van der Waals surface area contributed by atoms with Crippen LogP contribution in [0.3, 0.4) is 0 Å². The van der Waals surface area contributed by atoms with E-state index in [4.69, 9.17) is 15.2 Å². The summed E-state index contributed by atoms with van der Waals surface area (Å²) < 4.78 is 10.8. The molecule has 2 rings (SSSR count). The van der Waals surface area contributed by atoms with Crippen LogP contribution >= 0.6 is 12.4 Å². The van der Waals surface area contributed by atoms with E-state index in [9.17, 15) is 4.79 Å². The normalized spacial score (nSPS) is 11.2. The van der Waals surface area contributed by atoms with E-state index in [1.807, 2.05) is 56.3 Å². The molecule has 1 amide bonds.